The van der Waals surface area contributed by atoms with Crippen molar-refractivity contribution in [2.24, 2.45) is 9.98 Å². The molecular weight excluding hydrogens is 92.1 g/mol. The molecule has 0 aliphatic carbocycles. The van der Waals surface area contributed by atoms with Crippen LogP contribution < -0.4 is 0 Å². The molecule has 7 heavy (non-hydrogen) atoms. The SMILES string of the molecule is CC1N=CC(O)=N1. The fraction of sp³-hybridized carbons (Fsp3) is 0.500. The summed E-state index contributed by atoms with van der Waals surface area (Å²) in [6.45, 7) is 1.81. The Morgan fingerprint density at radius 3 is 2.71 bits per heavy atom. The number of hydrogen-bond donors (Lipinski definition) is 1. The van der Waals surface area contributed by atoms with E-state index in [2.05, 4.69) is 9.98 Å². The molecule has 0 spiro atoms. The molecule has 0 saturated heterocycles. The van der Waals surface area contributed by atoms with Crippen LogP contribution in [-0.2, 0) is 0 Å². The summed E-state index contributed by atoms with van der Waals surface area (Å²) in [5, 5.41) is 8.50. The summed E-state index contributed by atoms with van der Waals surface area (Å²) in [6.07, 6.45) is 1.28. The molecule has 3 nitrogen and oxygen atoms in total. The first-order valence-corrected chi connectivity index (χ1v) is 2.09. The van der Waals surface area contributed by atoms with Crippen molar-refractivity contribution < 1.29 is 5.11 Å². The lowest BCUT2D eigenvalue weighted by atomic mass is 10.6. The van der Waals surface area contributed by atoms with E-state index in [0.29, 0.717) is 0 Å². The molecule has 0 saturated carbocycles. The second-order valence-electron chi connectivity index (χ2n) is 1.40. The summed E-state index contributed by atoms with van der Waals surface area (Å²) >= 11 is 0. The predicted octanol–water partition coefficient (Wildman–Crippen LogP) is 0.373. The normalized spacial score (nSPS) is 28.1. The number of aliphatic hydroxyl groups excluding tert-OH is 1. The van der Waals surface area contributed by atoms with E-state index in [4.69, 9.17) is 5.11 Å². The summed E-state index contributed by atoms with van der Waals surface area (Å²) in [6, 6.07) is 0. The lowest BCUT2D eigenvalue weighted by Gasteiger charge is -1.84. The van der Waals surface area contributed by atoms with Crippen LogP contribution in [0.4, 0.5) is 0 Å². The van der Waals surface area contributed by atoms with E-state index in [1.54, 1.807) is 6.92 Å². The first-order valence-electron chi connectivity index (χ1n) is 2.09. The number of aliphatic hydroxyl groups is 1. The Kier molecular flexibility index (Phi) is 0.817. The first kappa shape index (κ1) is 4.30. The Morgan fingerprint density at radius 2 is 2.57 bits per heavy atom. The van der Waals surface area contributed by atoms with Crippen LogP contribution in [0.3, 0.4) is 0 Å². The molecule has 0 radical (unpaired) electrons. The molecule has 1 unspecified atom stereocenters. The summed E-state index contributed by atoms with van der Waals surface area (Å²) < 4.78 is 0. The van der Waals surface area contributed by atoms with Gasteiger partial charge in [0, 0.05) is 0 Å². The van der Waals surface area contributed by atoms with Gasteiger partial charge in [-0.25, -0.2) is 4.99 Å². The van der Waals surface area contributed by atoms with Crippen molar-refractivity contribution in [1.82, 2.24) is 0 Å². The fourth-order valence-electron chi connectivity index (χ4n) is 0.433. The van der Waals surface area contributed by atoms with Crippen molar-refractivity contribution in [2.75, 3.05) is 0 Å². The maximum atomic E-state index is 8.50. The van der Waals surface area contributed by atoms with Crippen LogP contribution in [0.5, 0.6) is 0 Å². The highest BCUT2D eigenvalue weighted by Gasteiger charge is 2.01. The molecule has 1 atom stereocenters. The van der Waals surface area contributed by atoms with Crippen molar-refractivity contribution in [2.45, 2.75) is 13.1 Å². The quantitative estimate of drug-likeness (QED) is 0.467. The minimum absolute atomic E-state index is 0.0347. The molecule has 1 aliphatic rings. The molecule has 0 amide bonds. The number of rotatable bonds is 0. The second-order valence-corrected chi connectivity index (χ2v) is 1.40. The Bertz CT molecular complexity index is 128. The average Bonchev–Trinajstić information content (AvgIpc) is 1.87. The Morgan fingerprint density at radius 1 is 1.86 bits per heavy atom. The van der Waals surface area contributed by atoms with Crippen molar-refractivity contribution >= 4 is 12.1 Å². The molecule has 1 N–H and O–H groups in total. The summed E-state index contributed by atoms with van der Waals surface area (Å²) in [4.78, 5) is 7.38. The van der Waals surface area contributed by atoms with Gasteiger partial charge in [-0.1, -0.05) is 0 Å². The Balaban J connectivity index is 2.69. The van der Waals surface area contributed by atoms with Gasteiger partial charge in [-0.3, -0.25) is 4.99 Å². The smallest absolute Gasteiger partial charge is 0.226 e. The van der Waals surface area contributed by atoms with Crippen LogP contribution in [0, 0.1) is 0 Å². The molecule has 1 heterocycles. The predicted molar refractivity (Wildman–Crippen MR) is 28.0 cm³/mol. The number of hydrogen-bond acceptors (Lipinski definition) is 2. The zero-order valence-electron chi connectivity index (χ0n) is 4.00. The third kappa shape index (κ3) is 0.765. The van der Waals surface area contributed by atoms with Crippen LogP contribution in [0.2, 0.25) is 0 Å². The highest BCUT2D eigenvalue weighted by molar-refractivity contribution is 6.26. The lowest BCUT2D eigenvalue weighted by molar-refractivity contribution is 0.560. The average molecular weight is 98.1 g/mol. The molecule has 0 aromatic rings. The van der Waals surface area contributed by atoms with Crippen molar-refractivity contribution in [3.63, 3.8) is 0 Å². The van der Waals surface area contributed by atoms with Crippen LogP contribution in [0.15, 0.2) is 9.98 Å². The minimum Gasteiger partial charge on any atom is -0.492 e. The lowest BCUT2D eigenvalue weighted by Crippen LogP contribution is -1.91. The molecule has 1 rings (SSSR count). The van der Waals surface area contributed by atoms with Crippen LogP contribution in [0.25, 0.3) is 0 Å². The van der Waals surface area contributed by atoms with Gasteiger partial charge in [0.05, 0.1) is 6.21 Å². The van der Waals surface area contributed by atoms with Crippen molar-refractivity contribution in [3.05, 3.63) is 0 Å². The maximum absolute atomic E-state index is 8.50. The largest absolute Gasteiger partial charge is 0.492 e. The summed E-state index contributed by atoms with van der Waals surface area (Å²) in [7, 11) is 0. The standard InChI is InChI=1S/C4H6N2O/c1-3-5-2-4(7)6-3/h2-3H,1H3,(H,6,7). The van der Waals surface area contributed by atoms with Gasteiger partial charge in [-0.2, -0.15) is 0 Å². The van der Waals surface area contributed by atoms with Crippen LogP contribution in [-0.4, -0.2) is 23.4 Å². The molecule has 0 aromatic heterocycles. The molecule has 38 valence electrons. The molecule has 3 heteroatoms. The van der Waals surface area contributed by atoms with Gasteiger partial charge >= 0.3 is 0 Å². The summed E-state index contributed by atoms with van der Waals surface area (Å²) in [5.74, 6) is 0.0347. The number of aliphatic imine (C=N–C) groups is 2. The number of nitrogens with zero attached hydrogens (tertiary/aromatic N) is 2. The molecule has 0 bridgehead atoms. The van der Waals surface area contributed by atoms with E-state index in [1.807, 2.05) is 0 Å². The highest BCUT2D eigenvalue weighted by atomic mass is 16.3. The third-order valence-electron chi connectivity index (χ3n) is 0.725. The topological polar surface area (TPSA) is 45.0 Å². The van der Waals surface area contributed by atoms with Crippen molar-refractivity contribution in [3.8, 4) is 0 Å². The Labute approximate surface area is 41.4 Å². The zero-order chi connectivity index (χ0) is 5.28. The van der Waals surface area contributed by atoms with Gasteiger partial charge in [0.2, 0.25) is 5.90 Å². The molecule has 0 aromatic carbocycles. The van der Waals surface area contributed by atoms with Gasteiger partial charge in [-0.05, 0) is 6.92 Å². The van der Waals surface area contributed by atoms with E-state index >= 15 is 0 Å². The van der Waals surface area contributed by atoms with Gasteiger partial charge in [-0.15, -0.1) is 0 Å². The molecule has 0 fully saturated rings. The second kappa shape index (κ2) is 1.33. The molecular formula is C4H6N2O. The molecule has 1 aliphatic heterocycles. The van der Waals surface area contributed by atoms with E-state index in [-0.39, 0.29) is 12.1 Å². The van der Waals surface area contributed by atoms with Crippen molar-refractivity contribution in [1.29, 1.82) is 0 Å². The van der Waals surface area contributed by atoms with E-state index in [1.165, 1.54) is 6.21 Å². The van der Waals surface area contributed by atoms with Gasteiger partial charge in [0.1, 0.15) is 6.17 Å². The van der Waals surface area contributed by atoms with Gasteiger partial charge in [0.25, 0.3) is 0 Å². The first-order chi connectivity index (χ1) is 3.29. The zero-order valence-corrected chi connectivity index (χ0v) is 4.00. The van der Waals surface area contributed by atoms with Crippen LogP contribution in [0.1, 0.15) is 6.92 Å². The van der Waals surface area contributed by atoms with E-state index in [0.717, 1.165) is 0 Å². The van der Waals surface area contributed by atoms with Crippen LogP contribution >= 0.6 is 0 Å². The highest BCUT2D eigenvalue weighted by Crippen LogP contribution is 1.95. The van der Waals surface area contributed by atoms with Gasteiger partial charge < -0.3 is 5.11 Å². The van der Waals surface area contributed by atoms with E-state index in [9.17, 15) is 0 Å². The Hall–Kier alpha value is -0.860. The minimum atomic E-state index is -0.0694. The van der Waals surface area contributed by atoms with Gasteiger partial charge in [0.15, 0.2) is 0 Å². The summed E-state index contributed by atoms with van der Waals surface area (Å²) in [5.41, 5.74) is 0. The maximum Gasteiger partial charge on any atom is 0.226 e. The monoisotopic (exact) mass is 98.0 g/mol. The fourth-order valence-corrected chi connectivity index (χ4v) is 0.433. The van der Waals surface area contributed by atoms with E-state index < -0.39 is 0 Å². The third-order valence-corrected chi connectivity index (χ3v) is 0.725.